The number of aromatic nitrogens is 1. The van der Waals surface area contributed by atoms with Gasteiger partial charge in [-0.1, -0.05) is 6.08 Å². The first-order valence-corrected chi connectivity index (χ1v) is 5.15. The molecule has 0 aliphatic carbocycles. The molecule has 1 amide bonds. The maximum Gasteiger partial charge on any atom is 0.269 e. The minimum Gasteiger partial charge on any atom is -0.354 e. The van der Waals surface area contributed by atoms with Crippen LogP contribution in [0.2, 0.25) is 0 Å². The van der Waals surface area contributed by atoms with Gasteiger partial charge in [0.1, 0.15) is 5.69 Å². The van der Waals surface area contributed by atoms with Gasteiger partial charge in [0.25, 0.3) is 5.91 Å². The molecule has 6 heteroatoms. The Labute approximate surface area is 97.6 Å². The summed E-state index contributed by atoms with van der Waals surface area (Å²) in [6.07, 6.45) is 1.82. The lowest BCUT2D eigenvalue weighted by molar-refractivity contribution is 0.0676. The summed E-state index contributed by atoms with van der Waals surface area (Å²) >= 11 is 0. The summed E-state index contributed by atoms with van der Waals surface area (Å²) in [6, 6.07) is 3.02. The van der Waals surface area contributed by atoms with Gasteiger partial charge in [-0.2, -0.15) is 9.87 Å². The highest BCUT2D eigenvalue weighted by molar-refractivity contribution is 5.92. The van der Waals surface area contributed by atoms with Crippen LogP contribution in [0.1, 0.15) is 16.1 Å². The summed E-state index contributed by atoms with van der Waals surface area (Å²) in [4.78, 5) is 19.9. The molecular formula is C11H12FN3O2. The molecule has 1 aromatic heterocycles. The maximum absolute atomic E-state index is 13.7. The van der Waals surface area contributed by atoms with Crippen LogP contribution < -0.4 is 10.8 Å². The van der Waals surface area contributed by atoms with Gasteiger partial charge in [-0.25, -0.2) is 4.98 Å². The second-order valence-corrected chi connectivity index (χ2v) is 3.48. The van der Waals surface area contributed by atoms with Crippen LogP contribution in [0.5, 0.6) is 0 Å². The average Bonchev–Trinajstić information content (AvgIpc) is 2.38. The van der Waals surface area contributed by atoms with Crippen molar-refractivity contribution in [2.75, 3.05) is 20.2 Å². The molecule has 0 fully saturated rings. The van der Waals surface area contributed by atoms with Gasteiger partial charge in [-0.3, -0.25) is 9.63 Å². The van der Waals surface area contributed by atoms with Gasteiger partial charge in [0, 0.05) is 19.2 Å². The number of carbonyl (C=O) groups is 1. The van der Waals surface area contributed by atoms with E-state index in [2.05, 4.69) is 15.8 Å². The van der Waals surface area contributed by atoms with Gasteiger partial charge in [-0.05, 0) is 17.7 Å². The molecule has 0 saturated carbocycles. The smallest absolute Gasteiger partial charge is 0.269 e. The Bertz CT molecular complexity index is 474. The minimum absolute atomic E-state index is 0.0594. The number of amides is 1. The lowest BCUT2D eigenvalue weighted by atomic mass is 10.1. The Morgan fingerprint density at radius 1 is 1.59 bits per heavy atom. The molecule has 1 aliphatic heterocycles. The number of hydrogen-bond acceptors (Lipinski definition) is 4. The molecule has 0 radical (unpaired) electrons. The largest absolute Gasteiger partial charge is 0.354 e. The lowest BCUT2D eigenvalue weighted by Gasteiger charge is -2.14. The van der Waals surface area contributed by atoms with Crippen LogP contribution in [0.15, 0.2) is 18.2 Å². The summed E-state index contributed by atoms with van der Waals surface area (Å²) < 4.78 is 13.7. The summed E-state index contributed by atoms with van der Waals surface area (Å²) in [5.74, 6) is -1.08. The Balaban J connectivity index is 2.31. The van der Waals surface area contributed by atoms with Crippen molar-refractivity contribution in [1.82, 2.24) is 15.8 Å². The van der Waals surface area contributed by atoms with E-state index in [1.807, 2.05) is 6.08 Å². The van der Waals surface area contributed by atoms with Crippen LogP contribution in [-0.4, -0.2) is 31.1 Å². The third-order valence-corrected chi connectivity index (χ3v) is 2.42. The molecule has 0 saturated heterocycles. The third kappa shape index (κ3) is 2.48. The summed E-state index contributed by atoms with van der Waals surface area (Å²) in [5, 5.41) is 2.39. The van der Waals surface area contributed by atoms with E-state index in [4.69, 9.17) is 4.84 Å². The molecule has 0 spiro atoms. The first kappa shape index (κ1) is 11.7. The topological polar surface area (TPSA) is 63.2 Å². The normalized spacial score (nSPS) is 15.3. The van der Waals surface area contributed by atoms with Crippen molar-refractivity contribution in [3.63, 3.8) is 0 Å². The van der Waals surface area contributed by atoms with Crippen LogP contribution >= 0.6 is 0 Å². The summed E-state index contributed by atoms with van der Waals surface area (Å²) in [5.41, 5.74) is 3.80. The Morgan fingerprint density at radius 3 is 3.00 bits per heavy atom. The number of halogens is 1. The lowest BCUT2D eigenvalue weighted by Crippen LogP contribution is -2.22. The molecule has 1 aromatic rings. The van der Waals surface area contributed by atoms with Crippen molar-refractivity contribution in [1.29, 1.82) is 0 Å². The van der Waals surface area contributed by atoms with Crippen LogP contribution in [0, 0.1) is 5.95 Å². The van der Waals surface area contributed by atoms with Gasteiger partial charge < -0.3 is 5.32 Å². The van der Waals surface area contributed by atoms with Crippen LogP contribution in [-0.2, 0) is 4.84 Å². The highest BCUT2D eigenvalue weighted by Crippen LogP contribution is 2.18. The predicted molar refractivity (Wildman–Crippen MR) is 59.5 cm³/mol. The van der Waals surface area contributed by atoms with Crippen molar-refractivity contribution in [2.24, 2.45) is 0 Å². The number of carbonyl (C=O) groups excluding carboxylic acids is 1. The van der Waals surface area contributed by atoms with Crippen LogP contribution in [0.25, 0.3) is 5.57 Å². The molecule has 0 atom stereocenters. The van der Waals surface area contributed by atoms with E-state index in [1.54, 1.807) is 0 Å². The van der Waals surface area contributed by atoms with Crippen molar-refractivity contribution in [3.05, 3.63) is 35.4 Å². The number of pyridine rings is 1. The van der Waals surface area contributed by atoms with Crippen LogP contribution in [0.3, 0.4) is 0 Å². The van der Waals surface area contributed by atoms with E-state index in [9.17, 15) is 9.18 Å². The molecule has 0 aromatic carbocycles. The van der Waals surface area contributed by atoms with E-state index in [-0.39, 0.29) is 12.3 Å². The van der Waals surface area contributed by atoms with Crippen molar-refractivity contribution in [2.45, 2.75) is 0 Å². The van der Waals surface area contributed by atoms with Crippen molar-refractivity contribution in [3.8, 4) is 0 Å². The van der Waals surface area contributed by atoms with E-state index < -0.39 is 11.9 Å². The molecule has 90 valence electrons. The zero-order valence-corrected chi connectivity index (χ0v) is 9.29. The van der Waals surface area contributed by atoms with Gasteiger partial charge >= 0.3 is 0 Å². The molecule has 1 aliphatic rings. The Kier molecular flexibility index (Phi) is 3.46. The highest BCUT2D eigenvalue weighted by Gasteiger charge is 2.14. The second-order valence-electron chi connectivity index (χ2n) is 3.48. The number of rotatable bonds is 2. The average molecular weight is 237 g/mol. The molecular weight excluding hydrogens is 225 g/mol. The summed E-state index contributed by atoms with van der Waals surface area (Å²) in [7, 11) is 1.47. The van der Waals surface area contributed by atoms with Gasteiger partial charge in [0.2, 0.25) is 5.95 Å². The van der Waals surface area contributed by atoms with Crippen molar-refractivity contribution >= 4 is 11.5 Å². The number of nitrogens with zero attached hydrogens (tertiary/aromatic N) is 1. The van der Waals surface area contributed by atoms with E-state index in [1.165, 1.54) is 19.2 Å². The zero-order valence-electron chi connectivity index (χ0n) is 9.29. The molecule has 17 heavy (non-hydrogen) atoms. The molecule has 0 unspecified atom stereocenters. The van der Waals surface area contributed by atoms with E-state index in [0.29, 0.717) is 12.1 Å². The number of hydroxylamine groups is 1. The quantitative estimate of drug-likeness (QED) is 0.735. The Hall–Kier alpha value is -1.79. The summed E-state index contributed by atoms with van der Waals surface area (Å²) in [6.45, 7) is 0.796. The van der Waals surface area contributed by atoms with Crippen LogP contribution in [0.4, 0.5) is 4.39 Å². The number of hydrogen-bond donors (Lipinski definition) is 2. The number of nitrogens with one attached hydrogen (secondary N) is 2. The monoisotopic (exact) mass is 237 g/mol. The fraction of sp³-hybridized carbons (Fsp3) is 0.273. The van der Waals surface area contributed by atoms with E-state index >= 15 is 0 Å². The SMILES string of the molecule is CNC(=O)c1ccc(C2=CCNOC2)c(F)n1. The van der Waals surface area contributed by atoms with Crippen molar-refractivity contribution < 1.29 is 14.0 Å². The molecule has 0 bridgehead atoms. The third-order valence-electron chi connectivity index (χ3n) is 2.42. The first-order chi connectivity index (χ1) is 8.22. The van der Waals surface area contributed by atoms with Gasteiger partial charge in [0.15, 0.2) is 0 Å². The first-order valence-electron chi connectivity index (χ1n) is 5.15. The zero-order chi connectivity index (χ0) is 12.3. The standard InChI is InChI=1S/C11H12FN3O2/c1-13-11(16)9-3-2-8(10(12)15-9)7-4-5-14-17-6-7/h2-4,14H,5-6H2,1H3,(H,13,16). The molecule has 2 heterocycles. The molecule has 2 rings (SSSR count). The maximum atomic E-state index is 13.7. The fourth-order valence-corrected chi connectivity index (χ4v) is 1.53. The van der Waals surface area contributed by atoms with E-state index in [0.717, 1.165) is 5.57 Å². The van der Waals surface area contributed by atoms with Gasteiger partial charge in [-0.15, -0.1) is 0 Å². The van der Waals surface area contributed by atoms with Gasteiger partial charge in [0.05, 0.1) is 6.61 Å². The minimum atomic E-state index is -0.664. The fourth-order valence-electron chi connectivity index (χ4n) is 1.53. The molecule has 2 N–H and O–H groups in total. The highest BCUT2D eigenvalue weighted by atomic mass is 19.1. The second kappa shape index (κ2) is 5.03. The Morgan fingerprint density at radius 2 is 2.41 bits per heavy atom. The predicted octanol–water partition coefficient (Wildman–Crippen LogP) is 0.498. The molecule has 5 nitrogen and oxygen atoms in total.